The summed E-state index contributed by atoms with van der Waals surface area (Å²) in [4.78, 5) is 0. The predicted octanol–water partition coefficient (Wildman–Crippen LogP) is 2.96. The summed E-state index contributed by atoms with van der Waals surface area (Å²) < 4.78 is 0. The summed E-state index contributed by atoms with van der Waals surface area (Å²) in [5.41, 5.74) is 1.40. The lowest BCUT2D eigenvalue weighted by Crippen LogP contribution is -2.17. The van der Waals surface area contributed by atoms with Crippen molar-refractivity contribution in [3.63, 3.8) is 0 Å². The van der Waals surface area contributed by atoms with Gasteiger partial charge in [0.25, 0.3) is 0 Å². The first-order chi connectivity index (χ1) is 6.90. The molecule has 2 unspecified atom stereocenters. The van der Waals surface area contributed by atoms with Crippen molar-refractivity contribution in [3.8, 4) is 0 Å². The third-order valence-electron chi connectivity index (χ3n) is 2.99. The second kappa shape index (κ2) is 4.61. The van der Waals surface area contributed by atoms with Gasteiger partial charge in [0.2, 0.25) is 0 Å². The Bertz CT molecular complexity index is 268. The molecule has 0 aromatic heterocycles. The van der Waals surface area contributed by atoms with Crippen molar-refractivity contribution in [2.75, 3.05) is 0 Å². The van der Waals surface area contributed by atoms with Gasteiger partial charge in [0, 0.05) is 12.6 Å². The van der Waals surface area contributed by atoms with Crippen molar-refractivity contribution in [1.29, 1.82) is 0 Å². The number of benzene rings is 1. The average molecular weight is 189 g/mol. The third kappa shape index (κ3) is 2.58. The van der Waals surface area contributed by atoms with E-state index >= 15 is 0 Å². The van der Waals surface area contributed by atoms with Crippen molar-refractivity contribution in [2.45, 2.75) is 38.8 Å². The van der Waals surface area contributed by atoms with Gasteiger partial charge in [-0.3, -0.25) is 0 Å². The van der Waals surface area contributed by atoms with Gasteiger partial charge in [-0.15, -0.1) is 0 Å². The monoisotopic (exact) mass is 189 g/mol. The van der Waals surface area contributed by atoms with Crippen molar-refractivity contribution in [2.24, 2.45) is 5.92 Å². The van der Waals surface area contributed by atoms with Crippen LogP contribution >= 0.6 is 0 Å². The van der Waals surface area contributed by atoms with Crippen LogP contribution in [0.2, 0.25) is 0 Å². The summed E-state index contributed by atoms with van der Waals surface area (Å²) in [7, 11) is 0. The van der Waals surface area contributed by atoms with Crippen LogP contribution in [0.3, 0.4) is 0 Å². The van der Waals surface area contributed by atoms with E-state index in [1.807, 2.05) is 0 Å². The van der Waals surface area contributed by atoms with Gasteiger partial charge in [0.15, 0.2) is 0 Å². The van der Waals surface area contributed by atoms with Crippen LogP contribution in [-0.2, 0) is 6.54 Å². The first-order valence-electron chi connectivity index (χ1n) is 5.67. The summed E-state index contributed by atoms with van der Waals surface area (Å²) in [6.07, 6.45) is 4.11. The molecule has 1 aromatic carbocycles. The standard InChI is InChI=1S/C13H19N/c1-2-6-12-9-13(12)14-10-11-7-4-3-5-8-11/h3-5,7-8,12-14H,2,6,9-10H2,1H3. The largest absolute Gasteiger partial charge is 0.310 e. The molecule has 0 aliphatic heterocycles. The fraction of sp³-hybridized carbons (Fsp3) is 0.538. The zero-order chi connectivity index (χ0) is 9.80. The minimum atomic E-state index is 0.801. The van der Waals surface area contributed by atoms with E-state index in [-0.39, 0.29) is 0 Å². The van der Waals surface area contributed by atoms with Crippen molar-refractivity contribution >= 4 is 0 Å². The smallest absolute Gasteiger partial charge is 0.0208 e. The second-order valence-electron chi connectivity index (χ2n) is 4.26. The predicted molar refractivity (Wildman–Crippen MR) is 60.1 cm³/mol. The molecular weight excluding hydrogens is 170 g/mol. The van der Waals surface area contributed by atoms with E-state index in [2.05, 4.69) is 42.6 Å². The van der Waals surface area contributed by atoms with Gasteiger partial charge in [0.05, 0.1) is 0 Å². The van der Waals surface area contributed by atoms with E-state index in [0.717, 1.165) is 18.5 Å². The number of hydrogen-bond donors (Lipinski definition) is 1. The Kier molecular flexibility index (Phi) is 3.20. The Labute approximate surface area is 86.5 Å². The number of nitrogens with one attached hydrogen (secondary N) is 1. The maximum absolute atomic E-state index is 3.61. The Morgan fingerprint density at radius 3 is 2.79 bits per heavy atom. The van der Waals surface area contributed by atoms with Crippen molar-refractivity contribution in [3.05, 3.63) is 35.9 Å². The number of rotatable bonds is 5. The lowest BCUT2D eigenvalue weighted by molar-refractivity contribution is 0.599. The molecule has 14 heavy (non-hydrogen) atoms. The summed E-state index contributed by atoms with van der Waals surface area (Å²) in [6.45, 7) is 3.30. The van der Waals surface area contributed by atoms with Gasteiger partial charge in [0.1, 0.15) is 0 Å². The Morgan fingerprint density at radius 1 is 1.29 bits per heavy atom. The average Bonchev–Trinajstić information content (AvgIpc) is 2.96. The molecule has 1 N–H and O–H groups in total. The Hall–Kier alpha value is -0.820. The lowest BCUT2D eigenvalue weighted by atomic mass is 10.2. The molecule has 1 saturated carbocycles. The summed E-state index contributed by atoms with van der Waals surface area (Å²) in [6, 6.07) is 11.4. The molecule has 76 valence electrons. The molecule has 1 aliphatic rings. The molecule has 0 radical (unpaired) electrons. The Balaban J connectivity index is 1.70. The molecule has 0 spiro atoms. The zero-order valence-corrected chi connectivity index (χ0v) is 8.87. The van der Waals surface area contributed by atoms with Crippen LogP contribution in [-0.4, -0.2) is 6.04 Å². The summed E-state index contributed by atoms with van der Waals surface area (Å²) >= 11 is 0. The SMILES string of the molecule is CCCC1CC1NCc1ccccc1. The maximum atomic E-state index is 3.61. The van der Waals surface area contributed by atoms with E-state index in [0.29, 0.717) is 0 Å². The van der Waals surface area contributed by atoms with E-state index in [1.54, 1.807) is 0 Å². The van der Waals surface area contributed by atoms with Crippen LogP contribution in [0.5, 0.6) is 0 Å². The topological polar surface area (TPSA) is 12.0 Å². The zero-order valence-electron chi connectivity index (χ0n) is 8.87. The molecule has 0 bridgehead atoms. The van der Waals surface area contributed by atoms with Crippen LogP contribution in [0.25, 0.3) is 0 Å². The molecule has 2 atom stereocenters. The molecular formula is C13H19N. The minimum Gasteiger partial charge on any atom is -0.310 e. The highest BCUT2D eigenvalue weighted by Crippen LogP contribution is 2.34. The highest BCUT2D eigenvalue weighted by molar-refractivity contribution is 5.14. The Morgan fingerprint density at radius 2 is 2.07 bits per heavy atom. The molecule has 1 nitrogen and oxygen atoms in total. The maximum Gasteiger partial charge on any atom is 0.0208 e. The lowest BCUT2D eigenvalue weighted by Gasteiger charge is -2.03. The highest BCUT2D eigenvalue weighted by Gasteiger charge is 2.34. The molecule has 0 amide bonds. The minimum absolute atomic E-state index is 0.801. The van der Waals surface area contributed by atoms with Crippen LogP contribution in [0.15, 0.2) is 30.3 Å². The van der Waals surface area contributed by atoms with E-state index < -0.39 is 0 Å². The van der Waals surface area contributed by atoms with Crippen molar-refractivity contribution < 1.29 is 0 Å². The highest BCUT2D eigenvalue weighted by atomic mass is 15.0. The van der Waals surface area contributed by atoms with Crippen LogP contribution in [0, 0.1) is 5.92 Å². The van der Waals surface area contributed by atoms with Gasteiger partial charge in [-0.05, 0) is 24.3 Å². The van der Waals surface area contributed by atoms with Gasteiger partial charge >= 0.3 is 0 Å². The molecule has 0 saturated heterocycles. The first kappa shape index (κ1) is 9.72. The number of hydrogen-bond acceptors (Lipinski definition) is 1. The van der Waals surface area contributed by atoms with Crippen molar-refractivity contribution in [1.82, 2.24) is 5.32 Å². The molecule has 0 heterocycles. The van der Waals surface area contributed by atoms with E-state index in [9.17, 15) is 0 Å². The van der Waals surface area contributed by atoms with Gasteiger partial charge < -0.3 is 5.32 Å². The second-order valence-corrected chi connectivity index (χ2v) is 4.26. The van der Waals surface area contributed by atoms with E-state index in [4.69, 9.17) is 0 Å². The van der Waals surface area contributed by atoms with Gasteiger partial charge in [-0.1, -0.05) is 43.7 Å². The van der Waals surface area contributed by atoms with Crippen LogP contribution < -0.4 is 5.32 Å². The fourth-order valence-corrected chi connectivity index (χ4v) is 2.03. The summed E-state index contributed by atoms with van der Waals surface area (Å²) in [5, 5.41) is 3.61. The van der Waals surface area contributed by atoms with Crippen LogP contribution in [0.4, 0.5) is 0 Å². The molecule has 2 rings (SSSR count). The fourth-order valence-electron chi connectivity index (χ4n) is 2.03. The van der Waals surface area contributed by atoms with Crippen LogP contribution in [0.1, 0.15) is 31.7 Å². The van der Waals surface area contributed by atoms with Gasteiger partial charge in [-0.25, -0.2) is 0 Å². The first-order valence-corrected chi connectivity index (χ1v) is 5.67. The van der Waals surface area contributed by atoms with Gasteiger partial charge in [-0.2, -0.15) is 0 Å². The normalized spacial score (nSPS) is 24.9. The quantitative estimate of drug-likeness (QED) is 0.751. The van der Waals surface area contributed by atoms with E-state index in [1.165, 1.54) is 24.8 Å². The molecule has 1 aliphatic carbocycles. The molecule has 1 fully saturated rings. The summed E-state index contributed by atoms with van der Waals surface area (Å²) in [5.74, 6) is 0.962. The molecule has 1 aromatic rings. The molecule has 1 heteroatoms. The third-order valence-corrected chi connectivity index (χ3v) is 2.99.